The molecule has 0 aromatic heterocycles. The second-order valence-electron chi connectivity index (χ2n) is 5.68. The monoisotopic (exact) mass is 223 g/mol. The maximum Gasteiger partial charge on any atom is 0.223 e. The van der Waals surface area contributed by atoms with E-state index in [1.165, 1.54) is 57.8 Å². The van der Waals surface area contributed by atoms with Crippen LogP contribution in [0.25, 0.3) is 0 Å². The quantitative estimate of drug-likeness (QED) is 0.781. The van der Waals surface area contributed by atoms with Gasteiger partial charge in [-0.2, -0.15) is 0 Å². The average molecular weight is 223 g/mol. The van der Waals surface area contributed by atoms with Gasteiger partial charge in [-0.25, -0.2) is 0 Å². The lowest BCUT2D eigenvalue weighted by Gasteiger charge is -2.26. The fourth-order valence-electron chi connectivity index (χ4n) is 3.25. The van der Waals surface area contributed by atoms with Crippen LogP contribution in [-0.4, -0.2) is 11.9 Å². The number of rotatable bonds is 3. The van der Waals surface area contributed by atoms with Crippen LogP contribution in [0, 0.1) is 11.8 Å². The minimum Gasteiger partial charge on any atom is -0.353 e. The van der Waals surface area contributed by atoms with Crippen molar-refractivity contribution >= 4 is 5.91 Å². The molecule has 2 aliphatic rings. The van der Waals surface area contributed by atoms with Crippen molar-refractivity contribution in [1.82, 2.24) is 5.32 Å². The molecule has 1 unspecified atom stereocenters. The number of carbonyl (C=O) groups excluding carboxylic acids is 1. The van der Waals surface area contributed by atoms with Crippen LogP contribution in [0.2, 0.25) is 0 Å². The fourth-order valence-corrected chi connectivity index (χ4v) is 3.25. The number of nitrogens with one attached hydrogen (secondary N) is 1. The van der Waals surface area contributed by atoms with Gasteiger partial charge in [0.15, 0.2) is 0 Å². The van der Waals surface area contributed by atoms with E-state index in [1.54, 1.807) is 0 Å². The smallest absolute Gasteiger partial charge is 0.223 e. The normalized spacial score (nSPS) is 25.6. The van der Waals surface area contributed by atoms with E-state index in [0.717, 1.165) is 0 Å². The summed E-state index contributed by atoms with van der Waals surface area (Å²) in [6.45, 7) is 2.12. The molecule has 0 heterocycles. The molecule has 0 radical (unpaired) electrons. The Morgan fingerprint density at radius 2 is 1.56 bits per heavy atom. The van der Waals surface area contributed by atoms with Crippen molar-refractivity contribution in [3.8, 4) is 0 Å². The van der Waals surface area contributed by atoms with Gasteiger partial charge in [-0.1, -0.05) is 39.0 Å². The first-order valence-electron chi connectivity index (χ1n) is 7.08. The summed E-state index contributed by atoms with van der Waals surface area (Å²) in [7, 11) is 0. The van der Waals surface area contributed by atoms with Crippen LogP contribution in [0.3, 0.4) is 0 Å². The van der Waals surface area contributed by atoms with Gasteiger partial charge in [0.1, 0.15) is 0 Å². The summed E-state index contributed by atoms with van der Waals surface area (Å²) >= 11 is 0. The van der Waals surface area contributed by atoms with Gasteiger partial charge < -0.3 is 5.32 Å². The summed E-state index contributed by atoms with van der Waals surface area (Å²) < 4.78 is 0. The largest absolute Gasteiger partial charge is 0.353 e. The Kier molecular flexibility index (Phi) is 4.25. The Morgan fingerprint density at radius 3 is 2.19 bits per heavy atom. The summed E-state index contributed by atoms with van der Waals surface area (Å²) in [6.07, 6.45) is 11.5. The van der Waals surface area contributed by atoms with Crippen LogP contribution in [0.4, 0.5) is 0 Å². The van der Waals surface area contributed by atoms with Crippen molar-refractivity contribution in [2.75, 3.05) is 0 Å². The molecule has 0 aromatic carbocycles. The van der Waals surface area contributed by atoms with Gasteiger partial charge in [0.2, 0.25) is 5.91 Å². The first-order chi connectivity index (χ1) is 7.77. The van der Waals surface area contributed by atoms with E-state index in [9.17, 15) is 4.79 Å². The SMILES string of the molecule is CC(C(=O)NC1CCCCC1)C1CCCC1. The maximum atomic E-state index is 12.1. The molecule has 0 aromatic rings. The van der Waals surface area contributed by atoms with Gasteiger partial charge in [0.05, 0.1) is 0 Å². The Hall–Kier alpha value is -0.530. The van der Waals surface area contributed by atoms with E-state index in [-0.39, 0.29) is 5.92 Å². The van der Waals surface area contributed by atoms with Crippen LogP contribution in [-0.2, 0) is 4.79 Å². The first kappa shape index (κ1) is 11.9. The highest BCUT2D eigenvalue weighted by Gasteiger charge is 2.28. The van der Waals surface area contributed by atoms with Crippen molar-refractivity contribution in [3.63, 3.8) is 0 Å². The number of amides is 1. The second-order valence-corrected chi connectivity index (χ2v) is 5.68. The molecular formula is C14H25NO. The molecule has 0 saturated heterocycles. The Bertz CT molecular complexity index is 227. The number of hydrogen-bond donors (Lipinski definition) is 1. The Morgan fingerprint density at radius 1 is 1.00 bits per heavy atom. The average Bonchev–Trinajstić information content (AvgIpc) is 2.83. The summed E-state index contributed by atoms with van der Waals surface area (Å²) in [4.78, 5) is 12.1. The zero-order valence-electron chi connectivity index (χ0n) is 10.5. The summed E-state index contributed by atoms with van der Waals surface area (Å²) in [5.74, 6) is 1.21. The molecule has 2 heteroatoms. The molecule has 1 amide bonds. The third kappa shape index (κ3) is 2.99. The molecule has 2 aliphatic carbocycles. The van der Waals surface area contributed by atoms with Crippen LogP contribution in [0.1, 0.15) is 64.7 Å². The third-order valence-electron chi connectivity index (χ3n) is 4.47. The van der Waals surface area contributed by atoms with Crippen LogP contribution in [0.5, 0.6) is 0 Å². The zero-order valence-corrected chi connectivity index (χ0v) is 10.5. The molecule has 1 atom stereocenters. The molecule has 0 spiro atoms. The van der Waals surface area contributed by atoms with Crippen molar-refractivity contribution in [3.05, 3.63) is 0 Å². The molecular weight excluding hydrogens is 198 g/mol. The Labute approximate surface area is 99.2 Å². The highest BCUT2D eigenvalue weighted by atomic mass is 16.1. The number of hydrogen-bond acceptors (Lipinski definition) is 1. The molecule has 16 heavy (non-hydrogen) atoms. The summed E-state index contributed by atoms with van der Waals surface area (Å²) in [5, 5.41) is 3.26. The lowest BCUT2D eigenvalue weighted by Crippen LogP contribution is -2.40. The standard InChI is InChI=1S/C14H25NO/c1-11(12-7-5-6-8-12)14(16)15-13-9-3-2-4-10-13/h11-13H,2-10H2,1H3,(H,15,16). The van der Waals surface area contributed by atoms with Gasteiger partial charge in [-0.3, -0.25) is 4.79 Å². The predicted octanol–water partition coefficient (Wildman–Crippen LogP) is 3.26. The van der Waals surface area contributed by atoms with Crippen LogP contribution >= 0.6 is 0 Å². The van der Waals surface area contributed by atoms with Gasteiger partial charge in [0.25, 0.3) is 0 Å². The fraction of sp³-hybridized carbons (Fsp3) is 0.929. The highest BCUT2D eigenvalue weighted by molar-refractivity contribution is 5.78. The molecule has 2 rings (SSSR count). The second kappa shape index (κ2) is 5.70. The molecule has 0 aliphatic heterocycles. The van der Waals surface area contributed by atoms with E-state index in [1.807, 2.05) is 0 Å². The van der Waals surface area contributed by atoms with Crippen molar-refractivity contribution in [1.29, 1.82) is 0 Å². The summed E-state index contributed by atoms with van der Waals surface area (Å²) in [5.41, 5.74) is 0. The van der Waals surface area contributed by atoms with Crippen molar-refractivity contribution in [2.45, 2.75) is 70.8 Å². The van der Waals surface area contributed by atoms with Gasteiger partial charge in [-0.05, 0) is 31.6 Å². The predicted molar refractivity (Wildman–Crippen MR) is 66.1 cm³/mol. The minimum absolute atomic E-state index is 0.240. The van der Waals surface area contributed by atoms with Gasteiger partial charge in [-0.15, -0.1) is 0 Å². The molecule has 2 fully saturated rings. The molecule has 2 nitrogen and oxygen atoms in total. The van der Waals surface area contributed by atoms with E-state index in [4.69, 9.17) is 0 Å². The molecule has 2 saturated carbocycles. The molecule has 92 valence electrons. The minimum atomic E-state index is 0.240. The van der Waals surface area contributed by atoms with Crippen molar-refractivity contribution in [2.24, 2.45) is 11.8 Å². The first-order valence-corrected chi connectivity index (χ1v) is 7.08. The van der Waals surface area contributed by atoms with Gasteiger partial charge >= 0.3 is 0 Å². The lowest BCUT2D eigenvalue weighted by molar-refractivity contribution is -0.127. The summed E-state index contributed by atoms with van der Waals surface area (Å²) in [6, 6.07) is 0.477. The van der Waals surface area contributed by atoms with E-state index >= 15 is 0 Å². The lowest BCUT2D eigenvalue weighted by atomic mass is 9.90. The molecule has 1 N–H and O–H groups in total. The van der Waals surface area contributed by atoms with E-state index < -0.39 is 0 Å². The van der Waals surface area contributed by atoms with E-state index in [2.05, 4.69) is 12.2 Å². The molecule has 0 bridgehead atoms. The Balaban J connectivity index is 1.77. The van der Waals surface area contributed by atoms with Crippen molar-refractivity contribution < 1.29 is 4.79 Å². The maximum absolute atomic E-state index is 12.1. The highest BCUT2D eigenvalue weighted by Crippen LogP contribution is 2.31. The van der Waals surface area contributed by atoms with Crippen LogP contribution < -0.4 is 5.32 Å². The topological polar surface area (TPSA) is 29.1 Å². The third-order valence-corrected chi connectivity index (χ3v) is 4.47. The van der Waals surface area contributed by atoms with E-state index in [0.29, 0.717) is 17.9 Å². The number of carbonyl (C=O) groups is 1. The zero-order chi connectivity index (χ0) is 11.4. The van der Waals surface area contributed by atoms with Gasteiger partial charge in [0, 0.05) is 12.0 Å². The van der Waals surface area contributed by atoms with Crippen LogP contribution in [0.15, 0.2) is 0 Å².